The van der Waals surface area contributed by atoms with E-state index in [-0.39, 0.29) is 0 Å². The minimum absolute atomic E-state index is 1.04. The van der Waals surface area contributed by atoms with E-state index in [2.05, 4.69) is 44.0 Å². The van der Waals surface area contributed by atoms with Gasteiger partial charge in [0.15, 0.2) is 0 Å². The van der Waals surface area contributed by atoms with Crippen molar-refractivity contribution in [1.29, 1.82) is 0 Å². The minimum Gasteiger partial charge on any atom is -0.394 e. The topological polar surface area (TPSA) is 12.0 Å². The van der Waals surface area contributed by atoms with E-state index in [1.165, 1.54) is 16.7 Å². The highest BCUT2D eigenvalue weighted by Crippen LogP contribution is 2.18. The van der Waals surface area contributed by atoms with E-state index >= 15 is 0 Å². The van der Waals surface area contributed by atoms with Gasteiger partial charge in [-0.25, -0.2) is 0 Å². The highest BCUT2D eigenvalue weighted by atomic mass is 14.8. The van der Waals surface area contributed by atoms with Gasteiger partial charge in [0, 0.05) is 7.05 Å². The van der Waals surface area contributed by atoms with Crippen LogP contribution >= 0.6 is 0 Å². The molecular weight excluding hydrogens is 194 g/mol. The average molecular weight is 213 g/mol. The van der Waals surface area contributed by atoms with E-state index in [1.807, 2.05) is 31.5 Å². The van der Waals surface area contributed by atoms with Crippen molar-refractivity contribution in [2.75, 3.05) is 7.05 Å². The zero-order valence-electron chi connectivity index (χ0n) is 10.2. The molecule has 0 aliphatic carbocycles. The number of aryl methyl sites for hydroxylation is 1. The van der Waals surface area contributed by atoms with Crippen LogP contribution in [-0.2, 0) is 0 Å². The van der Waals surface area contributed by atoms with Crippen molar-refractivity contribution in [1.82, 2.24) is 5.32 Å². The molecule has 0 aliphatic heterocycles. The molecule has 0 saturated heterocycles. The second-order valence-corrected chi connectivity index (χ2v) is 3.85. The quantitative estimate of drug-likeness (QED) is 0.752. The van der Waals surface area contributed by atoms with Crippen LogP contribution in [0.4, 0.5) is 0 Å². The molecule has 1 rings (SSSR count). The predicted octanol–water partition coefficient (Wildman–Crippen LogP) is 3.69. The Bertz CT molecular complexity index is 425. The molecule has 0 aliphatic rings. The van der Waals surface area contributed by atoms with Crippen molar-refractivity contribution in [3.8, 4) is 0 Å². The fourth-order valence-corrected chi connectivity index (χ4v) is 1.53. The maximum absolute atomic E-state index is 4.08. The fourth-order valence-electron chi connectivity index (χ4n) is 1.53. The third-order valence-corrected chi connectivity index (χ3v) is 2.41. The number of allylic oxidation sites excluding steroid dienone is 4. The number of hydrogen-bond acceptors (Lipinski definition) is 1. The lowest BCUT2D eigenvalue weighted by Gasteiger charge is -2.04. The Balaban J connectivity index is 2.81. The van der Waals surface area contributed by atoms with Gasteiger partial charge in [-0.3, -0.25) is 0 Å². The predicted molar refractivity (Wildman–Crippen MR) is 72.2 cm³/mol. The first-order valence-corrected chi connectivity index (χ1v) is 5.42. The Labute approximate surface area is 98.2 Å². The molecule has 1 aromatic carbocycles. The lowest BCUT2D eigenvalue weighted by Crippen LogP contribution is -1.93. The van der Waals surface area contributed by atoms with Crippen LogP contribution in [0.25, 0.3) is 5.57 Å². The summed E-state index contributed by atoms with van der Waals surface area (Å²) in [5, 5.41) is 3.00. The summed E-state index contributed by atoms with van der Waals surface area (Å²) in [7, 11) is 1.90. The summed E-state index contributed by atoms with van der Waals surface area (Å²) < 4.78 is 0. The first-order valence-electron chi connectivity index (χ1n) is 5.42. The summed E-state index contributed by atoms with van der Waals surface area (Å²) in [4.78, 5) is 0. The third-order valence-electron chi connectivity index (χ3n) is 2.41. The Morgan fingerprint density at radius 2 is 1.94 bits per heavy atom. The molecule has 1 heteroatoms. The molecule has 0 bridgehead atoms. The average Bonchev–Trinajstić information content (AvgIpc) is 2.27. The van der Waals surface area contributed by atoms with E-state index in [0.717, 1.165) is 5.57 Å². The Kier molecular flexibility index (Phi) is 4.59. The summed E-state index contributed by atoms with van der Waals surface area (Å²) in [6, 6.07) is 8.28. The highest BCUT2D eigenvalue weighted by molar-refractivity contribution is 5.74. The normalized spacial score (nSPS) is 11.8. The van der Waals surface area contributed by atoms with Crippen LogP contribution in [0, 0.1) is 6.92 Å². The van der Waals surface area contributed by atoms with Crippen molar-refractivity contribution < 1.29 is 0 Å². The molecule has 0 aromatic heterocycles. The van der Waals surface area contributed by atoms with Gasteiger partial charge in [0.25, 0.3) is 0 Å². The van der Waals surface area contributed by atoms with Crippen molar-refractivity contribution in [2.45, 2.75) is 13.8 Å². The standard InChI is InChI=1S/C15H19N/c1-12(11-16-4)9-10-14(3)15-8-6-5-7-13(15)2/h5-11,16H,3H2,1-2,4H3/b10-9-,12-11-. The van der Waals surface area contributed by atoms with Crippen LogP contribution in [0.15, 0.2) is 54.8 Å². The molecule has 0 atom stereocenters. The van der Waals surface area contributed by atoms with Gasteiger partial charge in [-0.2, -0.15) is 0 Å². The molecule has 0 fully saturated rings. The maximum atomic E-state index is 4.08. The minimum atomic E-state index is 1.04. The molecule has 16 heavy (non-hydrogen) atoms. The molecule has 84 valence electrons. The van der Waals surface area contributed by atoms with E-state index in [9.17, 15) is 0 Å². The van der Waals surface area contributed by atoms with Gasteiger partial charge in [-0.05, 0) is 42.3 Å². The van der Waals surface area contributed by atoms with Crippen LogP contribution < -0.4 is 5.32 Å². The van der Waals surface area contributed by atoms with Gasteiger partial charge >= 0.3 is 0 Å². The van der Waals surface area contributed by atoms with Crippen LogP contribution in [0.3, 0.4) is 0 Å². The highest BCUT2D eigenvalue weighted by Gasteiger charge is 1.97. The molecule has 1 nitrogen and oxygen atoms in total. The monoisotopic (exact) mass is 213 g/mol. The number of benzene rings is 1. The number of rotatable bonds is 4. The smallest absolute Gasteiger partial charge is 0.00277 e. The van der Waals surface area contributed by atoms with E-state index in [0.29, 0.717) is 0 Å². The van der Waals surface area contributed by atoms with Crippen molar-refractivity contribution >= 4 is 5.57 Å². The molecule has 0 amide bonds. The molecule has 0 spiro atoms. The summed E-state index contributed by atoms with van der Waals surface area (Å²) >= 11 is 0. The Hall–Kier alpha value is -1.76. The Morgan fingerprint density at radius 3 is 2.56 bits per heavy atom. The van der Waals surface area contributed by atoms with Gasteiger partial charge in [0.1, 0.15) is 0 Å². The first kappa shape index (κ1) is 12.3. The van der Waals surface area contributed by atoms with Gasteiger partial charge < -0.3 is 5.32 Å². The van der Waals surface area contributed by atoms with Gasteiger partial charge in [-0.15, -0.1) is 0 Å². The lowest BCUT2D eigenvalue weighted by atomic mass is 10.0. The summed E-state index contributed by atoms with van der Waals surface area (Å²) in [5.41, 5.74) is 4.68. The van der Waals surface area contributed by atoms with Gasteiger partial charge in [-0.1, -0.05) is 43.0 Å². The fraction of sp³-hybridized carbons (Fsp3) is 0.200. The zero-order valence-corrected chi connectivity index (χ0v) is 10.2. The van der Waals surface area contributed by atoms with Crippen LogP contribution in [-0.4, -0.2) is 7.05 Å². The lowest BCUT2D eigenvalue weighted by molar-refractivity contribution is 1.08. The van der Waals surface area contributed by atoms with Crippen LogP contribution in [0.2, 0.25) is 0 Å². The molecular formula is C15H19N. The second-order valence-electron chi connectivity index (χ2n) is 3.85. The molecule has 0 heterocycles. The zero-order chi connectivity index (χ0) is 12.0. The number of hydrogen-bond donors (Lipinski definition) is 1. The van der Waals surface area contributed by atoms with Crippen molar-refractivity contribution in [3.05, 3.63) is 65.9 Å². The largest absolute Gasteiger partial charge is 0.394 e. The van der Waals surface area contributed by atoms with E-state index in [4.69, 9.17) is 0 Å². The summed E-state index contributed by atoms with van der Waals surface area (Å²) in [6.07, 6.45) is 6.07. The Morgan fingerprint density at radius 1 is 1.25 bits per heavy atom. The molecule has 1 N–H and O–H groups in total. The van der Waals surface area contributed by atoms with Crippen molar-refractivity contribution in [3.63, 3.8) is 0 Å². The second kappa shape index (κ2) is 5.96. The third kappa shape index (κ3) is 3.43. The molecule has 0 unspecified atom stereocenters. The summed E-state index contributed by atoms with van der Waals surface area (Å²) in [5.74, 6) is 0. The molecule has 0 radical (unpaired) electrons. The molecule has 1 aromatic rings. The van der Waals surface area contributed by atoms with Crippen molar-refractivity contribution in [2.24, 2.45) is 0 Å². The summed E-state index contributed by atoms with van der Waals surface area (Å²) in [6.45, 7) is 8.24. The molecule has 0 saturated carbocycles. The van der Waals surface area contributed by atoms with Gasteiger partial charge in [0.2, 0.25) is 0 Å². The SMILES string of the molecule is C=C(/C=C\C(C)=C/NC)c1ccccc1C. The van der Waals surface area contributed by atoms with Gasteiger partial charge in [0.05, 0.1) is 0 Å². The van der Waals surface area contributed by atoms with Crippen LogP contribution in [0.1, 0.15) is 18.1 Å². The van der Waals surface area contributed by atoms with E-state index < -0.39 is 0 Å². The van der Waals surface area contributed by atoms with E-state index in [1.54, 1.807) is 0 Å². The maximum Gasteiger partial charge on any atom is 0.00277 e. The number of nitrogens with one attached hydrogen (secondary N) is 1. The van der Waals surface area contributed by atoms with Crippen LogP contribution in [0.5, 0.6) is 0 Å². The first-order chi connectivity index (χ1) is 7.65.